The Bertz CT molecular complexity index is 1010. The van der Waals surface area contributed by atoms with E-state index in [4.69, 9.17) is 0 Å². The van der Waals surface area contributed by atoms with Crippen molar-refractivity contribution >= 4 is 28.9 Å². The minimum atomic E-state index is -0.688. The van der Waals surface area contributed by atoms with Crippen molar-refractivity contribution in [3.8, 4) is 0 Å². The molecule has 0 bridgehead atoms. The summed E-state index contributed by atoms with van der Waals surface area (Å²) in [6.45, 7) is 0. The van der Waals surface area contributed by atoms with Crippen molar-refractivity contribution in [2.24, 2.45) is 0 Å². The Morgan fingerprint density at radius 3 is 2.25 bits per heavy atom. The van der Waals surface area contributed by atoms with Gasteiger partial charge in [-0.3, -0.25) is 35.5 Å². The Kier molecular flexibility index (Phi) is 5.56. The zero-order valence-corrected chi connectivity index (χ0v) is 14.5. The number of para-hydroxylation sites is 1. The van der Waals surface area contributed by atoms with Gasteiger partial charge in [-0.15, -0.1) is 0 Å². The van der Waals surface area contributed by atoms with Gasteiger partial charge in [0.2, 0.25) is 0 Å². The van der Waals surface area contributed by atoms with Gasteiger partial charge >= 0.3 is 0 Å². The van der Waals surface area contributed by atoms with Gasteiger partial charge in [-0.2, -0.15) is 0 Å². The van der Waals surface area contributed by atoms with E-state index in [1.54, 1.807) is 30.3 Å². The van der Waals surface area contributed by atoms with Crippen LogP contribution in [0.15, 0.2) is 73.1 Å². The van der Waals surface area contributed by atoms with Crippen LogP contribution in [0, 0.1) is 10.1 Å². The number of aromatic nitrogens is 1. The van der Waals surface area contributed by atoms with Crippen molar-refractivity contribution in [3.05, 3.63) is 94.3 Å². The van der Waals surface area contributed by atoms with Crippen LogP contribution in [0.1, 0.15) is 20.7 Å². The highest BCUT2D eigenvalue weighted by Gasteiger charge is 2.18. The molecule has 0 aliphatic carbocycles. The van der Waals surface area contributed by atoms with E-state index in [0.29, 0.717) is 5.69 Å². The highest BCUT2D eigenvalue weighted by molar-refractivity contribution is 5.99. The molecule has 0 atom stereocenters. The molecule has 140 valence electrons. The van der Waals surface area contributed by atoms with Crippen LogP contribution in [-0.4, -0.2) is 21.7 Å². The van der Waals surface area contributed by atoms with Crippen LogP contribution in [0.25, 0.3) is 0 Å². The third-order valence-electron chi connectivity index (χ3n) is 3.72. The van der Waals surface area contributed by atoms with E-state index in [0.717, 1.165) is 6.07 Å². The molecular formula is C19H15N5O4. The Morgan fingerprint density at radius 1 is 0.893 bits per heavy atom. The fourth-order valence-corrected chi connectivity index (χ4v) is 2.36. The largest absolute Gasteiger partial charge is 0.350 e. The molecule has 0 spiro atoms. The van der Waals surface area contributed by atoms with E-state index in [1.807, 2.05) is 6.07 Å². The number of nitro benzene ring substituents is 1. The first kappa shape index (κ1) is 18.5. The standard InChI is InChI=1S/C19H15N5O4/c25-18(22-23-19(26)14-5-4-10-20-12-14)13-8-9-16(17(11-13)24(27)28)21-15-6-2-1-3-7-15/h1-12,21H,(H,22,25)(H,23,26). The number of pyridine rings is 1. The maximum absolute atomic E-state index is 12.2. The van der Waals surface area contributed by atoms with Crippen molar-refractivity contribution in [1.82, 2.24) is 15.8 Å². The molecule has 3 N–H and O–H groups in total. The second kappa shape index (κ2) is 8.41. The van der Waals surface area contributed by atoms with Gasteiger partial charge < -0.3 is 5.32 Å². The predicted molar refractivity (Wildman–Crippen MR) is 102 cm³/mol. The van der Waals surface area contributed by atoms with Crippen molar-refractivity contribution in [3.63, 3.8) is 0 Å². The van der Waals surface area contributed by atoms with Gasteiger partial charge in [0.25, 0.3) is 17.5 Å². The van der Waals surface area contributed by atoms with Crippen molar-refractivity contribution in [1.29, 1.82) is 0 Å². The summed E-state index contributed by atoms with van der Waals surface area (Å²) >= 11 is 0. The van der Waals surface area contributed by atoms with Crippen molar-refractivity contribution in [2.45, 2.75) is 0 Å². The van der Waals surface area contributed by atoms with Gasteiger partial charge in [-0.05, 0) is 36.4 Å². The second-order valence-corrected chi connectivity index (χ2v) is 5.63. The second-order valence-electron chi connectivity index (χ2n) is 5.63. The maximum Gasteiger partial charge on any atom is 0.293 e. The van der Waals surface area contributed by atoms with E-state index in [9.17, 15) is 19.7 Å². The molecule has 0 aliphatic heterocycles. The van der Waals surface area contributed by atoms with Gasteiger partial charge in [0, 0.05) is 29.7 Å². The summed E-state index contributed by atoms with van der Waals surface area (Å²) in [6, 6.07) is 16.0. The van der Waals surface area contributed by atoms with Gasteiger partial charge in [-0.1, -0.05) is 18.2 Å². The fourth-order valence-electron chi connectivity index (χ4n) is 2.36. The van der Waals surface area contributed by atoms with Crippen LogP contribution in [0.4, 0.5) is 17.1 Å². The Hall–Kier alpha value is -4.27. The zero-order chi connectivity index (χ0) is 19.9. The Balaban J connectivity index is 1.73. The number of carbonyl (C=O) groups is 2. The molecule has 3 rings (SSSR count). The molecule has 9 nitrogen and oxygen atoms in total. The van der Waals surface area contributed by atoms with E-state index >= 15 is 0 Å². The Morgan fingerprint density at radius 2 is 1.61 bits per heavy atom. The molecule has 3 aromatic rings. The van der Waals surface area contributed by atoms with Gasteiger partial charge in [0.1, 0.15) is 5.69 Å². The minimum absolute atomic E-state index is 0.0248. The lowest BCUT2D eigenvalue weighted by atomic mass is 10.1. The molecule has 1 aromatic heterocycles. The summed E-state index contributed by atoms with van der Waals surface area (Å²) in [5.41, 5.74) is 5.39. The summed E-state index contributed by atoms with van der Waals surface area (Å²) in [4.78, 5) is 38.8. The van der Waals surface area contributed by atoms with Crippen LogP contribution >= 0.6 is 0 Å². The van der Waals surface area contributed by atoms with Crippen LogP contribution in [-0.2, 0) is 0 Å². The topological polar surface area (TPSA) is 126 Å². The number of hydrogen-bond donors (Lipinski definition) is 3. The highest BCUT2D eigenvalue weighted by atomic mass is 16.6. The molecule has 0 saturated heterocycles. The molecule has 0 saturated carbocycles. The normalized spacial score (nSPS) is 10.0. The summed E-state index contributed by atoms with van der Waals surface area (Å²) in [6.07, 6.45) is 2.86. The third-order valence-corrected chi connectivity index (χ3v) is 3.72. The fraction of sp³-hybridized carbons (Fsp3) is 0. The maximum atomic E-state index is 12.2. The molecule has 28 heavy (non-hydrogen) atoms. The number of nitro groups is 1. The van der Waals surface area contributed by atoms with Crippen LogP contribution in [0.5, 0.6) is 0 Å². The summed E-state index contributed by atoms with van der Waals surface area (Å²) in [7, 11) is 0. The lowest BCUT2D eigenvalue weighted by molar-refractivity contribution is -0.383. The molecule has 2 amide bonds. The van der Waals surface area contributed by atoms with Crippen molar-refractivity contribution < 1.29 is 14.5 Å². The lowest BCUT2D eigenvalue weighted by Crippen LogP contribution is -2.41. The van der Waals surface area contributed by atoms with E-state index < -0.39 is 16.7 Å². The van der Waals surface area contributed by atoms with E-state index in [1.165, 1.54) is 30.6 Å². The van der Waals surface area contributed by atoms with Crippen LogP contribution < -0.4 is 16.2 Å². The number of anilines is 2. The number of hydrogen-bond acceptors (Lipinski definition) is 6. The average Bonchev–Trinajstić information content (AvgIpc) is 2.73. The average molecular weight is 377 g/mol. The number of rotatable bonds is 5. The summed E-state index contributed by atoms with van der Waals surface area (Å²) in [5, 5.41) is 14.3. The number of hydrazine groups is 1. The molecule has 0 radical (unpaired) electrons. The first-order valence-electron chi connectivity index (χ1n) is 8.16. The number of amides is 2. The molecule has 0 unspecified atom stereocenters. The first-order chi connectivity index (χ1) is 13.5. The lowest BCUT2D eigenvalue weighted by Gasteiger charge is -2.10. The molecule has 0 fully saturated rings. The molecule has 0 aliphatic rings. The molecule has 9 heteroatoms. The quantitative estimate of drug-likeness (QED) is 0.464. The van der Waals surface area contributed by atoms with Crippen LogP contribution in [0.3, 0.4) is 0 Å². The zero-order valence-electron chi connectivity index (χ0n) is 14.5. The SMILES string of the molecule is O=C(NNC(=O)c1ccc(Nc2ccccc2)c([N+](=O)[O-])c1)c1cccnc1. The number of nitrogens with zero attached hydrogens (tertiary/aromatic N) is 2. The first-order valence-corrected chi connectivity index (χ1v) is 8.16. The summed E-state index contributed by atoms with van der Waals surface area (Å²) < 4.78 is 0. The predicted octanol–water partition coefficient (Wildman–Crippen LogP) is 2.81. The highest BCUT2D eigenvalue weighted by Crippen LogP contribution is 2.28. The van der Waals surface area contributed by atoms with Crippen molar-refractivity contribution in [2.75, 3.05) is 5.32 Å². The number of carbonyl (C=O) groups excluding carboxylic acids is 2. The van der Waals surface area contributed by atoms with Gasteiger partial charge in [0.05, 0.1) is 10.5 Å². The monoisotopic (exact) mass is 377 g/mol. The minimum Gasteiger partial charge on any atom is -0.350 e. The van der Waals surface area contributed by atoms with Gasteiger partial charge in [-0.25, -0.2) is 0 Å². The third kappa shape index (κ3) is 4.47. The smallest absolute Gasteiger partial charge is 0.293 e. The summed E-state index contributed by atoms with van der Waals surface area (Å²) in [5.74, 6) is -1.25. The number of nitrogens with one attached hydrogen (secondary N) is 3. The molecule has 2 aromatic carbocycles. The van der Waals surface area contributed by atoms with E-state index in [-0.39, 0.29) is 22.5 Å². The molecule has 1 heterocycles. The van der Waals surface area contributed by atoms with Gasteiger partial charge in [0.15, 0.2) is 0 Å². The number of benzene rings is 2. The molecular weight excluding hydrogens is 362 g/mol. The Labute approximate surface area is 159 Å². The van der Waals surface area contributed by atoms with Crippen LogP contribution in [0.2, 0.25) is 0 Å². The van der Waals surface area contributed by atoms with E-state index in [2.05, 4.69) is 21.2 Å².